The van der Waals surface area contributed by atoms with Gasteiger partial charge in [-0.1, -0.05) is 152 Å². The maximum absolute atomic E-state index is 6.25. The highest BCUT2D eigenvalue weighted by molar-refractivity contribution is 6.12. The molecule has 9 aromatic rings. The van der Waals surface area contributed by atoms with Gasteiger partial charge in [0.15, 0.2) is 17.5 Å². The molecule has 7 aromatic carbocycles. The Morgan fingerprint density at radius 1 is 0.490 bits per heavy atom. The molecule has 4 nitrogen and oxygen atoms in total. The fourth-order valence-electron chi connectivity index (χ4n) is 7.48. The number of para-hydroxylation sites is 1. The molecule has 1 aliphatic rings. The first-order valence-corrected chi connectivity index (χ1v) is 17.4. The summed E-state index contributed by atoms with van der Waals surface area (Å²) in [7, 11) is 0. The van der Waals surface area contributed by atoms with Crippen LogP contribution < -0.4 is 0 Å². The van der Waals surface area contributed by atoms with Crippen molar-refractivity contribution in [2.45, 2.75) is 12.3 Å². The first-order valence-electron chi connectivity index (χ1n) is 17.4. The van der Waals surface area contributed by atoms with E-state index < -0.39 is 0 Å². The fourth-order valence-corrected chi connectivity index (χ4v) is 7.48. The van der Waals surface area contributed by atoms with Crippen molar-refractivity contribution in [3.05, 3.63) is 181 Å². The predicted molar refractivity (Wildman–Crippen MR) is 209 cm³/mol. The Balaban J connectivity index is 1.07. The fraction of sp³-hybridized carbons (Fsp3) is 0.0426. The average Bonchev–Trinajstić information content (AvgIpc) is 3.60. The Morgan fingerprint density at radius 2 is 1.20 bits per heavy atom. The maximum Gasteiger partial charge on any atom is 0.164 e. The standard InChI is InChI=1S/C47H31N3O/c1-2-10-30(11-3-1)34-13-8-14-37(29-34)46-48-45(49-47(50-46)41-17-9-19-43-44(41)40-16-6-7-18-42(40)51-43)33-23-20-31(21-24-33)35-26-27-39-36(28-35)25-22-32-12-4-5-15-38(32)39/h1-20,22-29,31H,21H2. The van der Waals surface area contributed by atoms with Gasteiger partial charge in [0.2, 0.25) is 0 Å². The van der Waals surface area contributed by atoms with Crippen LogP contribution in [0.5, 0.6) is 0 Å². The van der Waals surface area contributed by atoms with Crippen molar-refractivity contribution >= 4 is 49.1 Å². The van der Waals surface area contributed by atoms with Gasteiger partial charge in [-0.3, -0.25) is 0 Å². The van der Waals surface area contributed by atoms with E-state index in [0.29, 0.717) is 17.5 Å². The largest absolute Gasteiger partial charge is 0.456 e. The van der Waals surface area contributed by atoms with Crippen molar-refractivity contribution in [2.75, 3.05) is 0 Å². The number of hydrogen-bond donors (Lipinski definition) is 0. The maximum atomic E-state index is 6.25. The van der Waals surface area contributed by atoms with Crippen molar-refractivity contribution in [2.24, 2.45) is 0 Å². The summed E-state index contributed by atoms with van der Waals surface area (Å²) in [5.74, 6) is 2.18. The average molecular weight is 654 g/mol. The van der Waals surface area contributed by atoms with Crippen LogP contribution >= 0.6 is 0 Å². The van der Waals surface area contributed by atoms with E-state index in [1.165, 1.54) is 27.1 Å². The highest BCUT2D eigenvalue weighted by atomic mass is 16.3. The summed E-state index contributed by atoms with van der Waals surface area (Å²) in [5, 5.41) is 7.16. The highest BCUT2D eigenvalue weighted by Crippen LogP contribution is 2.38. The van der Waals surface area contributed by atoms with Gasteiger partial charge in [0.25, 0.3) is 0 Å². The smallest absolute Gasteiger partial charge is 0.164 e. The molecule has 0 saturated heterocycles. The lowest BCUT2D eigenvalue weighted by Gasteiger charge is -2.18. The van der Waals surface area contributed by atoms with Crippen LogP contribution in [0.1, 0.15) is 23.7 Å². The summed E-state index contributed by atoms with van der Waals surface area (Å²) < 4.78 is 6.25. The Labute approximate surface area is 295 Å². The van der Waals surface area contributed by atoms with E-state index in [1.807, 2.05) is 36.4 Å². The zero-order valence-electron chi connectivity index (χ0n) is 27.7. The molecular formula is C47H31N3O. The normalized spacial score (nSPS) is 14.4. The number of furan rings is 1. The van der Waals surface area contributed by atoms with Gasteiger partial charge in [-0.15, -0.1) is 0 Å². The van der Waals surface area contributed by atoms with Crippen molar-refractivity contribution < 1.29 is 4.42 Å². The molecule has 10 rings (SSSR count). The van der Waals surface area contributed by atoms with Crippen LogP contribution in [0.2, 0.25) is 0 Å². The minimum Gasteiger partial charge on any atom is -0.456 e. The van der Waals surface area contributed by atoms with E-state index in [1.54, 1.807) is 0 Å². The number of nitrogens with zero attached hydrogens (tertiary/aromatic N) is 3. The van der Waals surface area contributed by atoms with Crippen molar-refractivity contribution in [3.8, 4) is 33.9 Å². The first kappa shape index (κ1) is 29.3. The van der Waals surface area contributed by atoms with Crippen LogP contribution in [0.15, 0.2) is 174 Å². The quantitative estimate of drug-likeness (QED) is 0.173. The summed E-state index contributed by atoms with van der Waals surface area (Å²) in [4.78, 5) is 15.4. The van der Waals surface area contributed by atoms with E-state index in [-0.39, 0.29) is 5.92 Å². The van der Waals surface area contributed by atoms with Gasteiger partial charge in [0.05, 0.1) is 0 Å². The first-order chi connectivity index (χ1) is 25.2. The van der Waals surface area contributed by atoms with Gasteiger partial charge in [0, 0.05) is 33.4 Å². The van der Waals surface area contributed by atoms with Crippen LogP contribution in [-0.2, 0) is 0 Å². The van der Waals surface area contributed by atoms with Gasteiger partial charge >= 0.3 is 0 Å². The molecule has 2 aromatic heterocycles. The summed E-state index contributed by atoms with van der Waals surface area (Å²) in [6.07, 6.45) is 7.59. The molecular weight excluding hydrogens is 623 g/mol. The lowest BCUT2D eigenvalue weighted by atomic mass is 9.88. The van der Waals surface area contributed by atoms with Crippen LogP contribution in [-0.4, -0.2) is 15.0 Å². The lowest BCUT2D eigenvalue weighted by molar-refractivity contribution is 0.669. The molecule has 0 fully saturated rings. The molecule has 0 amide bonds. The molecule has 4 heteroatoms. The minimum absolute atomic E-state index is 0.263. The Bertz CT molecular complexity index is 2850. The van der Waals surface area contributed by atoms with Crippen molar-refractivity contribution in [1.29, 1.82) is 0 Å². The van der Waals surface area contributed by atoms with Crippen molar-refractivity contribution in [1.82, 2.24) is 15.0 Å². The lowest BCUT2D eigenvalue weighted by Crippen LogP contribution is -2.05. The summed E-state index contributed by atoms with van der Waals surface area (Å²) in [5.41, 5.74) is 8.07. The molecule has 1 atom stereocenters. The molecule has 1 aliphatic carbocycles. The SMILES string of the molecule is C1=CC(c2ccc3c(ccc4ccccc43)c2)CC=C1c1nc(-c2cccc(-c3ccccc3)c2)nc(-c2cccc3oc4ccccc4c23)n1. The summed E-state index contributed by atoms with van der Waals surface area (Å²) >= 11 is 0. The Hall–Kier alpha value is -6.65. The highest BCUT2D eigenvalue weighted by Gasteiger charge is 2.20. The third kappa shape index (κ3) is 5.20. The summed E-state index contributed by atoms with van der Waals surface area (Å²) in [6, 6.07) is 53.0. The molecule has 0 saturated carbocycles. The number of rotatable bonds is 5. The number of allylic oxidation sites excluding steroid dienone is 4. The van der Waals surface area contributed by atoms with Crippen LogP contribution in [0.4, 0.5) is 0 Å². The molecule has 0 N–H and O–H groups in total. The number of benzene rings is 7. The second-order valence-electron chi connectivity index (χ2n) is 13.2. The van der Waals surface area contributed by atoms with Gasteiger partial charge in [-0.2, -0.15) is 0 Å². The molecule has 2 heterocycles. The molecule has 0 radical (unpaired) electrons. The second kappa shape index (κ2) is 12.0. The van der Waals surface area contributed by atoms with Gasteiger partial charge in [-0.05, 0) is 62.9 Å². The van der Waals surface area contributed by atoms with E-state index in [0.717, 1.165) is 56.2 Å². The number of aromatic nitrogens is 3. The second-order valence-corrected chi connectivity index (χ2v) is 13.2. The zero-order chi connectivity index (χ0) is 33.7. The van der Waals surface area contributed by atoms with E-state index >= 15 is 0 Å². The Morgan fingerprint density at radius 3 is 2.10 bits per heavy atom. The van der Waals surface area contributed by atoms with Crippen LogP contribution in [0.3, 0.4) is 0 Å². The van der Waals surface area contributed by atoms with Crippen LogP contribution in [0.25, 0.3) is 83.0 Å². The third-order valence-corrected chi connectivity index (χ3v) is 10.1. The topological polar surface area (TPSA) is 51.8 Å². The van der Waals surface area contributed by atoms with Gasteiger partial charge in [-0.25, -0.2) is 15.0 Å². The Kier molecular flexibility index (Phi) is 6.91. The molecule has 240 valence electrons. The third-order valence-electron chi connectivity index (χ3n) is 10.1. The molecule has 0 spiro atoms. The van der Waals surface area contributed by atoms with Crippen LogP contribution in [0, 0.1) is 0 Å². The minimum atomic E-state index is 0.263. The number of hydrogen-bond acceptors (Lipinski definition) is 4. The van der Waals surface area contributed by atoms with Gasteiger partial charge in [0.1, 0.15) is 11.2 Å². The molecule has 51 heavy (non-hydrogen) atoms. The van der Waals surface area contributed by atoms with E-state index in [2.05, 4.69) is 133 Å². The monoisotopic (exact) mass is 653 g/mol. The summed E-state index contributed by atoms with van der Waals surface area (Å²) in [6.45, 7) is 0. The predicted octanol–water partition coefficient (Wildman–Crippen LogP) is 12.2. The molecule has 1 unspecified atom stereocenters. The van der Waals surface area contributed by atoms with E-state index in [9.17, 15) is 0 Å². The van der Waals surface area contributed by atoms with Gasteiger partial charge < -0.3 is 4.42 Å². The molecule has 0 aliphatic heterocycles. The zero-order valence-corrected chi connectivity index (χ0v) is 27.7. The molecule has 0 bridgehead atoms. The van der Waals surface area contributed by atoms with E-state index in [4.69, 9.17) is 19.4 Å². The number of fused-ring (bicyclic) bond motifs is 6. The van der Waals surface area contributed by atoms with Crippen molar-refractivity contribution in [3.63, 3.8) is 0 Å².